The SMILES string of the molecule is OCC1CCCCN1CC1(CS)CCOCC1. The van der Waals surface area contributed by atoms with E-state index < -0.39 is 0 Å². The molecule has 0 radical (unpaired) electrons. The first-order chi connectivity index (χ1) is 8.29. The molecule has 0 amide bonds. The average molecular weight is 259 g/mol. The summed E-state index contributed by atoms with van der Waals surface area (Å²) in [5.41, 5.74) is 0.312. The fourth-order valence-electron chi connectivity index (χ4n) is 3.08. The van der Waals surface area contributed by atoms with E-state index >= 15 is 0 Å². The molecule has 0 aromatic carbocycles. The Kier molecular flexibility index (Phi) is 5.15. The fraction of sp³-hybridized carbons (Fsp3) is 1.00. The monoisotopic (exact) mass is 259 g/mol. The summed E-state index contributed by atoms with van der Waals surface area (Å²) in [5, 5.41) is 9.46. The highest BCUT2D eigenvalue weighted by Crippen LogP contribution is 2.34. The van der Waals surface area contributed by atoms with Gasteiger partial charge in [0.15, 0.2) is 0 Å². The van der Waals surface area contributed by atoms with Crippen molar-refractivity contribution in [2.75, 3.05) is 38.7 Å². The predicted octanol–water partition coefficient (Wildman–Crippen LogP) is 1.56. The highest BCUT2D eigenvalue weighted by molar-refractivity contribution is 7.80. The van der Waals surface area contributed by atoms with E-state index in [-0.39, 0.29) is 0 Å². The van der Waals surface area contributed by atoms with Gasteiger partial charge in [0.25, 0.3) is 0 Å². The molecule has 17 heavy (non-hydrogen) atoms. The van der Waals surface area contributed by atoms with Crippen LogP contribution in [0.25, 0.3) is 0 Å². The maximum atomic E-state index is 9.46. The molecule has 2 rings (SSSR count). The fourth-order valence-corrected chi connectivity index (χ4v) is 3.49. The molecule has 100 valence electrons. The molecule has 1 unspecified atom stereocenters. The summed E-state index contributed by atoms with van der Waals surface area (Å²) < 4.78 is 5.47. The first-order valence-electron chi connectivity index (χ1n) is 6.83. The van der Waals surface area contributed by atoms with Crippen LogP contribution in [0.3, 0.4) is 0 Å². The Morgan fingerprint density at radius 2 is 2.06 bits per heavy atom. The number of hydrogen-bond donors (Lipinski definition) is 2. The lowest BCUT2D eigenvalue weighted by atomic mass is 9.80. The van der Waals surface area contributed by atoms with Crippen molar-refractivity contribution < 1.29 is 9.84 Å². The summed E-state index contributed by atoms with van der Waals surface area (Å²) >= 11 is 4.56. The first-order valence-corrected chi connectivity index (χ1v) is 7.46. The number of thiol groups is 1. The smallest absolute Gasteiger partial charge is 0.0586 e. The van der Waals surface area contributed by atoms with E-state index in [1.165, 1.54) is 12.8 Å². The van der Waals surface area contributed by atoms with Crippen LogP contribution >= 0.6 is 12.6 Å². The average Bonchev–Trinajstić information content (AvgIpc) is 2.40. The largest absolute Gasteiger partial charge is 0.395 e. The van der Waals surface area contributed by atoms with Crippen LogP contribution in [0.2, 0.25) is 0 Å². The van der Waals surface area contributed by atoms with Crippen LogP contribution in [0.4, 0.5) is 0 Å². The van der Waals surface area contributed by atoms with Crippen LogP contribution < -0.4 is 0 Å². The van der Waals surface area contributed by atoms with Crippen molar-refractivity contribution in [3.63, 3.8) is 0 Å². The van der Waals surface area contributed by atoms with Crippen LogP contribution in [0.1, 0.15) is 32.1 Å². The van der Waals surface area contributed by atoms with Gasteiger partial charge in [-0.05, 0) is 43.4 Å². The first kappa shape index (κ1) is 13.7. The van der Waals surface area contributed by atoms with Crippen LogP contribution in [0.15, 0.2) is 0 Å². The Bertz CT molecular complexity index is 231. The molecule has 0 aromatic rings. The third kappa shape index (κ3) is 3.37. The molecule has 0 aliphatic carbocycles. The number of aliphatic hydroxyl groups excluding tert-OH is 1. The van der Waals surface area contributed by atoms with Crippen LogP contribution in [-0.2, 0) is 4.74 Å². The zero-order valence-corrected chi connectivity index (χ0v) is 11.5. The second kappa shape index (κ2) is 6.41. The molecule has 0 aromatic heterocycles. The highest BCUT2D eigenvalue weighted by atomic mass is 32.1. The summed E-state index contributed by atoms with van der Waals surface area (Å²) in [4.78, 5) is 2.49. The number of likely N-dealkylation sites (tertiary alicyclic amines) is 1. The minimum Gasteiger partial charge on any atom is -0.395 e. The van der Waals surface area contributed by atoms with Gasteiger partial charge in [-0.25, -0.2) is 0 Å². The van der Waals surface area contributed by atoms with Crippen LogP contribution in [0.5, 0.6) is 0 Å². The van der Waals surface area contributed by atoms with Gasteiger partial charge in [-0.2, -0.15) is 12.6 Å². The van der Waals surface area contributed by atoms with Gasteiger partial charge in [-0.3, -0.25) is 4.90 Å². The van der Waals surface area contributed by atoms with Gasteiger partial charge in [0, 0.05) is 25.8 Å². The molecule has 1 N–H and O–H groups in total. The zero-order valence-electron chi connectivity index (χ0n) is 10.6. The van der Waals surface area contributed by atoms with Gasteiger partial charge < -0.3 is 9.84 Å². The Labute approximate surface area is 110 Å². The highest BCUT2D eigenvalue weighted by Gasteiger charge is 2.35. The molecule has 0 bridgehead atoms. The second-order valence-electron chi connectivity index (χ2n) is 5.57. The summed E-state index contributed by atoms with van der Waals surface area (Å²) in [6.45, 7) is 4.28. The molecule has 2 aliphatic heterocycles. The van der Waals surface area contributed by atoms with Gasteiger partial charge >= 0.3 is 0 Å². The van der Waals surface area contributed by atoms with Crippen molar-refractivity contribution in [3.05, 3.63) is 0 Å². The van der Waals surface area contributed by atoms with Gasteiger partial charge in [-0.1, -0.05) is 6.42 Å². The lowest BCUT2D eigenvalue weighted by Gasteiger charge is -2.44. The van der Waals surface area contributed by atoms with Crippen molar-refractivity contribution in [2.24, 2.45) is 5.41 Å². The minimum atomic E-state index is 0.305. The standard InChI is InChI=1S/C13H25NO2S/c15-9-12-3-1-2-6-14(12)10-13(11-17)4-7-16-8-5-13/h12,15,17H,1-11H2. The van der Waals surface area contributed by atoms with E-state index in [0.717, 1.165) is 51.3 Å². The number of aliphatic hydroxyl groups is 1. The maximum absolute atomic E-state index is 9.46. The zero-order chi connectivity index (χ0) is 12.1. The normalized spacial score (nSPS) is 30.4. The topological polar surface area (TPSA) is 32.7 Å². The molecule has 2 saturated heterocycles. The van der Waals surface area contributed by atoms with Crippen molar-refractivity contribution in [3.8, 4) is 0 Å². The Hall–Kier alpha value is 0.230. The van der Waals surface area contributed by atoms with E-state index in [9.17, 15) is 5.11 Å². The number of nitrogens with zero attached hydrogens (tertiary/aromatic N) is 1. The van der Waals surface area contributed by atoms with E-state index in [1.54, 1.807) is 0 Å². The molecule has 2 aliphatic rings. The molecule has 2 fully saturated rings. The molecule has 0 spiro atoms. The summed E-state index contributed by atoms with van der Waals surface area (Å²) in [7, 11) is 0. The minimum absolute atomic E-state index is 0.305. The van der Waals surface area contributed by atoms with Gasteiger partial charge in [0.05, 0.1) is 6.61 Å². The van der Waals surface area contributed by atoms with Crippen molar-refractivity contribution in [1.29, 1.82) is 0 Å². The Morgan fingerprint density at radius 1 is 1.29 bits per heavy atom. The summed E-state index contributed by atoms with van der Waals surface area (Å²) in [6.07, 6.45) is 5.92. The Balaban J connectivity index is 1.96. The van der Waals surface area contributed by atoms with Crippen molar-refractivity contribution >= 4 is 12.6 Å². The van der Waals surface area contributed by atoms with Gasteiger partial charge in [-0.15, -0.1) is 0 Å². The third-order valence-corrected chi connectivity index (χ3v) is 5.06. The quantitative estimate of drug-likeness (QED) is 0.752. The van der Waals surface area contributed by atoms with Crippen LogP contribution in [-0.4, -0.2) is 54.7 Å². The van der Waals surface area contributed by atoms with E-state index in [0.29, 0.717) is 18.1 Å². The molecule has 2 heterocycles. The molecular weight excluding hydrogens is 234 g/mol. The third-order valence-electron chi connectivity index (χ3n) is 4.39. The van der Waals surface area contributed by atoms with E-state index in [2.05, 4.69) is 17.5 Å². The van der Waals surface area contributed by atoms with Crippen LogP contribution in [0, 0.1) is 5.41 Å². The van der Waals surface area contributed by atoms with E-state index in [1.807, 2.05) is 0 Å². The van der Waals surface area contributed by atoms with Gasteiger partial charge in [0.1, 0.15) is 0 Å². The second-order valence-corrected chi connectivity index (χ2v) is 5.89. The molecule has 0 saturated carbocycles. The van der Waals surface area contributed by atoms with E-state index in [4.69, 9.17) is 4.74 Å². The maximum Gasteiger partial charge on any atom is 0.0586 e. The summed E-state index contributed by atoms with van der Waals surface area (Å²) in [6, 6.07) is 0.378. The molecule has 3 nitrogen and oxygen atoms in total. The van der Waals surface area contributed by atoms with Crippen molar-refractivity contribution in [2.45, 2.75) is 38.1 Å². The Morgan fingerprint density at radius 3 is 2.71 bits per heavy atom. The van der Waals surface area contributed by atoms with Crippen molar-refractivity contribution in [1.82, 2.24) is 4.90 Å². The number of piperidine rings is 1. The summed E-state index contributed by atoms with van der Waals surface area (Å²) in [5.74, 6) is 0.936. The lowest BCUT2D eigenvalue weighted by molar-refractivity contribution is -0.0132. The number of rotatable bonds is 4. The molecule has 4 heteroatoms. The predicted molar refractivity (Wildman–Crippen MR) is 72.6 cm³/mol. The number of ether oxygens (including phenoxy) is 1. The molecular formula is C13H25NO2S. The molecule has 1 atom stereocenters. The van der Waals surface area contributed by atoms with Gasteiger partial charge in [0.2, 0.25) is 0 Å². The lowest BCUT2D eigenvalue weighted by Crippen LogP contribution is -2.50. The number of hydrogen-bond acceptors (Lipinski definition) is 4.